The highest BCUT2D eigenvalue weighted by Gasteiger charge is 2.56. The maximum absolute atomic E-state index is 12.0. The zero-order valence-corrected chi connectivity index (χ0v) is 10.8. The van der Waals surface area contributed by atoms with E-state index in [1.165, 1.54) is 4.90 Å². The Balaban J connectivity index is 2.17. The van der Waals surface area contributed by atoms with E-state index in [1.54, 1.807) is 20.8 Å². The quantitative estimate of drug-likeness (QED) is 0.726. The molecule has 1 aliphatic heterocycles. The molecule has 4 atom stereocenters. The Morgan fingerprint density at radius 2 is 1.89 bits per heavy atom. The Morgan fingerprint density at radius 1 is 1.28 bits per heavy atom. The molecule has 18 heavy (non-hydrogen) atoms. The fraction of sp³-hybridized carbons (Fsp3) is 0.833. The molecule has 0 aromatic carbocycles. The molecule has 0 radical (unpaired) electrons. The lowest BCUT2D eigenvalue weighted by molar-refractivity contribution is -0.147. The van der Waals surface area contributed by atoms with Gasteiger partial charge in [0.1, 0.15) is 11.6 Å². The van der Waals surface area contributed by atoms with Crippen LogP contribution in [0, 0.1) is 5.92 Å². The van der Waals surface area contributed by atoms with E-state index in [1.807, 2.05) is 0 Å². The molecule has 6 heteroatoms. The van der Waals surface area contributed by atoms with Gasteiger partial charge in [0, 0.05) is 12.0 Å². The van der Waals surface area contributed by atoms with Crippen molar-refractivity contribution in [2.75, 3.05) is 0 Å². The number of carboxylic acids is 1. The van der Waals surface area contributed by atoms with Gasteiger partial charge in [0.2, 0.25) is 0 Å². The minimum absolute atomic E-state index is 0.221. The molecule has 0 spiro atoms. The number of likely N-dealkylation sites (tertiary alicyclic amines) is 1. The van der Waals surface area contributed by atoms with Crippen LogP contribution < -0.4 is 0 Å². The zero-order chi connectivity index (χ0) is 13.7. The van der Waals surface area contributed by atoms with E-state index in [2.05, 4.69) is 0 Å². The smallest absolute Gasteiger partial charge is 0.411 e. The zero-order valence-electron chi connectivity index (χ0n) is 10.8. The highest BCUT2D eigenvalue weighted by Crippen LogP contribution is 2.43. The van der Waals surface area contributed by atoms with Crippen molar-refractivity contribution in [2.45, 2.75) is 57.4 Å². The summed E-state index contributed by atoms with van der Waals surface area (Å²) in [6, 6.07) is -1.19. The Hall–Kier alpha value is -1.30. The average molecular weight is 257 g/mol. The van der Waals surface area contributed by atoms with Crippen LogP contribution in [-0.4, -0.2) is 51.0 Å². The number of nitrogens with zero attached hydrogens (tertiary/aromatic N) is 1. The first-order valence-electron chi connectivity index (χ1n) is 6.13. The summed E-state index contributed by atoms with van der Waals surface area (Å²) in [7, 11) is 0. The van der Waals surface area contributed by atoms with E-state index < -0.39 is 29.8 Å². The first-order chi connectivity index (χ1) is 8.20. The SMILES string of the molecule is CC(C)(C)OC(=O)N1[C@@H]2C[C@H]([C@H](O)C2)[C@H]1C(=O)O. The molecule has 0 aromatic rings. The van der Waals surface area contributed by atoms with Crippen LogP contribution >= 0.6 is 0 Å². The second kappa shape index (κ2) is 4.12. The third kappa shape index (κ3) is 2.16. The number of carbonyl (C=O) groups is 2. The van der Waals surface area contributed by atoms with E-state index in [0.717, 1.165) is 0 Å². The molecule has 1 amide bonds. The summed E-state index contributed by atoms with van der Waals surface area (Å²) in [5.41, 5.74) is -0.652. The van der Waals surface area contributed by atoms with Gasteiger partial charge >= 0.3 is 12.1 Å². The van der Waals surface area contributed by atoms with Gasteiger partial charge in [-0.05, 0) is 33.6 Å². The van der Waals surface area contributed by atoms with Crippen LogP contribution in [0.5, 0.6) is 0 Å². The predicted octanol–water partition coefficient (Wildman–Crippen LogP) is 0.830. The van der Waals surface area contributed by atoms with Gasteiger partial charge in [-0.2, -0.15) is 0 Å². The summed E-state index contributed by atoms with van der Waals surface area (Å²) in [4.78, 5) is 24.6. The Bertz CT molecular complexity index is 375. The molecule has 2 fully saturated rings. The van der Waals surface area contributed by atoms with Crippen molar-refractivity contribution in [3.63, 3.8) is 0 Å². The summed E-state index contributed by atoms with van der Waals surface area (Å²) >= 11 is 0. The highest BCUT2D eigenvalue weighted by atomic mass is 16.6. The van der Waals surface area contributed by atoms with Crippen LogP contribution in [-0.2, 0) is 9.53 Å². The fourth-order valence-electron chi connectivity index (χ4n) is 2.90. The number of piperidine rings is 1. The van der Waals surface area contributed by atoms with Crippen LogP contribution in [0.2, 0.25) is 0 Å². The third-order valence-electron chi connectivity index (χ3n) is 3.51. The van der Waals surface area contributed by atoms with Gasteiger partial charge in [-0.1, -0.05) is 0 Å². The van der Waals surface area contributed by atoms with Gasteiger partial charge in [-0.15, -0.1) is 0 Å². The van der Waals surface area contributed by atoms with Crippen molar-refractivity contribution < 1.29 is 24.5 Å². The van der Waals surface area contributed by atoms with Gasteiger partial charge in [-0.3, -0.25) is 4.90 Å². The number of aliphatic hydroxyl groups is 1. The molecule has 1 saturated carbocycles. The minimum Gasteiger partial charge on any atom is -0.480 e. The summed E-state index contributed by atoms with van der Waals surface area (Å²) in [5, 5.41) is 18.9. The van der Waals surface area contributed by atoms with Gasteiger partial charge in [0.15, 0.2) is 0 Å². The highest BCUT2D eigenvalue weighted by molar-refractivity contribution is 5.82. The van der Waals surface area contributed by atoms with Crippen molar-refractivity contribution in [3.05, 3.63) is 0 Å². The first kappa shape index (κ1) is 13.1. The van der Waals surface area contributed by atoms with Crippen molar-refractivity contribution >= 4 is 12.1 Å². The molecule has 2 N–H and O–H groups in total. The van der Waals surface area contributed by atoms with E-state index in [4.69, 9.17) is 4.74 Å². The van der Waals surface area contributed by atoms with Crippen LogP contribution in [0.3, 0.4) is 0 Å². The number of hydrogen-bond donors (Lipinski definition) is 2. The van der Waals surface area contributed by atoms with Gasteiger partial charge in [0.05, 0.1) is 6.10 Å². The standard InChI is InChI=1S/C12H19NO5/c1-12(2,3)18-11(17)13-6-4-7(8(14)5-6)9(13)10(15)16/h6-9,14H,4-5H2,1-3H3,(H,15,16)/t6-,7-,8-,9+/m1/s1. The summed E-state index contributed by atoms with van der Waals surface area (Å²) in [6.07, 6.45) is -0.255. The maximum Gasteiger partial charge on any atom is 0.411 e. The van der Waals surface area contributed by atoms with Crippen LogP contribution in [0.4, 0.5) is 4.79 Å². The molecule has 1 aliphatic carbocycles. The topological polar surface area (TPSA) is 87.1 Å². The molecular formula is C12H19NO5. The third-order valence-corrected chi connectivity index (χ3v) is 3.51. The van der Waals surface area contributed by atoms with E-state index in [9.17, 15) is 19.8 Å². The van der Waals surface area contributed by atoms with Gasteiger partial charge < -0.3 is 14.9 Å². The molecule has 1 saturated heterocycles. The van der Waals surface area contributed by atoms with Crippen molar-refractivity contribution in [1.82, 2.24) is 4.90 Å². The molecule has 0 unspecified atom stereocenters. The number of hydrogen-bond acceptors (Lipinski definition) is 4. The number of rotatable bonds is 1. The Labute approximate surface area is 106 Å². The minimum atomic E-state index is -1.08. The number of fused-ring (bicyclic) bond motifs is 2. The van der Waals surface area contributed by atoms with Crippen molar-refractivity contribution in [3.8, 4) is 0 Å². The van der Waals surface area contributed by atoms with E-state index >= 15 is 0 Å². The molecular weight excluding hydrogens is 238 g/mol. The Morgan fingerprint density at radius 3 is 2.39 bits per heavy atom. The molecule has 0 aromatic heterocycles. The van der Waals surface area contributed by atoms with E-state index in [-0.39, 0.29) is 12.0 Å². The number of carboxylic acid groups (broad SMARTS) is 1. The molecule has 1 heterocycles. The molecule has 2 bridgehead atoms. The lowest BCUT2D eigenvalue weighted by Gasteiger charge is -2.35. The largest absolute Gasteiger partial charge is 0.480 e. The molecule has 6 nitrogen and oxygen atoms in total. The fourth-order valence-corrected chi connectivity index (χ4v) is 2.90. The number of aliphatic carboxylic acids is 1. The van der Waals surface area contributed by atoms with Crippen molar-refractivity contribution in [1.29, 1.82) is 0 Å². The maximum atomic E-state index is 12.0. The second-order valence-electron chi connectivity index (χ2n) is 6.03. The first-order valence-corrected chi connectivity index (χ1v) is 6.13. The van der Waals surface area contributed by atoms with Crippen LogP contribution in [0.25, 0.3) is 0 Å². The van der Waals surface area contributed by atoms with Crippen molar-refractivity contribution in [2.24, 2.45) is 5.92 Å². The number of ether oxygens (including phenoxy) is 1. The van der Waals surface area contributed by atoms with Crippen LogP contribution in [0.1, 0.15) is 33.6 Å². The summed E-state index contributed by atoms with van der Waals surface area (Å²) < 4.78 is 5.23. The second-order valence-corrected chi connectivity index (χ2v) is 6.03. The molecule has 2 aliphatic rings. The number of aliphatic hydroxyl groups excluding tert-OH is 1. The predicted molar refractivity (Wildman–Crippen MR) is 62.0 cm³/mol. The summed E-state index contributed by atoms with van der Waals surface area (Å²) in [6.45, 7) is 5.22. The normalized spacial score (nSPS) is 34.8. The lowest BCUT2D eigenvalue weighted by Crippen LogP contribution is -2.53. The van der Waals surface area contributed by atoms with Crippen LogP contribution in [0.15, 0.2) is 0 Å². The number of carbonyl (C=O) groups excluding carboxylic acids is 1. The molecule has 2 rings (SSSR count). The number of amides is 1. The monoisotopic (exact) mass is 257 g/mol. The average Bonchev–Trinajstić information content (AvgIpc) is 2.69. The van der Waals surface area contributed by atoms with Gasteiger partial charge in [-0.25, -0.2) is 9.59 Å². The Kier molecular flexibility index (Phi) is 3.01. The molecule has 102 valence electrons. The van der Waals surface area contributed by atoms with E-state index in [0.29, 0.717) is 12.8 Å². The van der Waals surface area contributed by atoms with Gasteiger partial charge in [0.25, 0.3) is 0 Å². The summed E-state index contributed by atoms with van der Waals surface area (Å²) in [5.74, 6) is -1.45. The lowest BCUT2D eigenvalue weighted by atomic mass is 9.96.